The van der Waals surface area contributed by atoms with Crippen LogP contribution in [-0.2, 0) is 0 Å². The Morgan fingerprint density at radius 1 is 1.05 bits per heavy atom. The van der Waals surface area contributed by atoms with Gasteiger partial charge in [-0.15, -0.1) is 0 Å². The minimum atomic E-state index is -0.541. The molecule has 2 rings (SSSR count). The molecule has 0 aromatic heterocycles. The predicted octanol–water partition coefficient (Wildman–Crippen LogP) is 3.09. The summed E-state index contributed by atoms with van der Waals surface area (Å²) in [5.41, 5.74) is 1.90. The van der Waals surface area contributed by atoms with Crippen molar-refractivity contribution in [2.24, 2.45) is 0 Å². The number of methoxy groups -OCH3 is 2. The van der Waals surface area contributed by atoms with Crippen LogP contribution in [0.3, 0.4) is 0 Å². The molecule has 4 nitrogen and oxygen atoms in total. The van der Waals surface area contributed by atoms with E-state index < -0.39 is 6.10 Å². The van der Waals surface area contributed by atoms with Gasteiger partial charge in [0, 0.05) is 18.2 Å². The Balaban J connectivity index is 2.04. The van der Waals surface area contributed by atoms with E-state index in [4.69, 9.17) is 9.47 Å². The number of ether oxygens (including phenoxy) is 2. The van der Waals surface area contributed by atoms with Crippen molar-refractivity contribution in [3.8, 4) is 11.5 Å². The Hall–Kier alpha value is -2.04. The van der Waals surface area contributed by atoms with E-state index in [0.29, 0.717) is 6.54 Å². The highest BCUT2D eigenvalue weighted by molar-refractivity contribution is 5.42. The number of aliphatic hydroxyl groups is 1. The predicted molar refractivity (Wildman–Crippen MR) is 87.4 cm³/mol. The third kappa shape index (κ3) is 4.00. The average molecular weight is 301 g/mol. The van der Waals surface area contributed by atoms with Gasteiger partial charge in [-0.2, -0.15) is 0 Å². The van der Waals surface area contributed by atoms with Crippen molar-refractivity contribution >= 4 is 0 Å². The highest BCUT2D eigenvalue weighted by Crippen LogP contribution is 2.29. The van der Waals surface area contributed by atoms with Crippen LogP contribution in [0.1, 0.15) is 30.2 Å². The molecular formula is C18H23NO3. The molecule has 0 aliphatic carbocycles. The van der Waals surface area contributed by atoms with Gasteiger partial charge >= 0.3 is 0 Å². The van der Waals surface area contributed by atoms with E-state index in [1.807, 2.05) is 55.5 Å². The molecule has 0 heterocycles. The Labute approximate surface area is 131 Å². The molecule has 118 valence electrons. The van der Waals surface area contributed by atoms with Crippen molar-refractivity contribution in [2.75, 3.05) is 20.8 Å². The molecule has 0 aliphatic rings. The first-order valence-electron chi connectivity index (χ1n) is 7.34. The summed E-state index contributed by atoms with van der Waals surface area (Å²) >= 11 is 0. The van der Waals surface area contributed by atoms with Crippen LogP contribution in [0.2, 0.25) is 0 Å². The van der Waals surface area contributed by atoms with Gasteiger partial charge in [0.15, 0.2) is 0 Å². The van der Waals surface area contributed by atoms with Crippen LogP contribution in [0.4, 0.5) is 0 Å². The van der Waals surface area contributed by atoms with Crippen LogP contribution in [0, 0.1) is 0 Å². The number of hydrogen-bond acceptors (Lipinski definition) is 4. The largest absolute Gasteiger partial charge is 0.497 e. The minimum Gasteiger partial charge on any atom is -0.497 e. The molecule has 0 unspecified atom stereocenters. The molecule has 0 saturated carbocycles. The van der Waals surface area contributed by atoms with Crippen LogP contribution in [0.25, 0.3) is 0 Å². The molecule has 4 heteroatoms. The molecule has 22 heavy (non-hydrogen) atoms. The number of aliphatic hydroxyl groups excluding tert-OH is 1. The van der Waals surface area contributed by atoms with Crippen LogP contribution < -0.4 is 14.8 Å². The zero-order chi connectivity index (χ0) is 15.9. The lowest BCUT2D eigenvalue weighted by Crippen LogP contribution is -2.25. The molecule has 2 aromatic rings. The summed E-state index contributed by atoms with van der Waals surface area (Å²) in [6.07, 6.45) is -0.541. The first kappa shape index (κ1) is 16.3. The summed E-state index contributed by atoms with van der Waals surface area (Å²) in [5, 5.41) is 13.6. The molecule has 0 saturated heterocycles. The summed E-state index contributed by atoms with van der Waals surface area (Å²) in [6.45, 7) is 2.50. The zero-order valence-corrected chi connectivity index (χ0v) is 13.2. The monoisotopic (exact) mass is 301 g/mol. The maximum absolute atomic E-state index is 10.2. The molecule has 0 spiro atoms. The van der Waals surface area contributed by atoms with Crippen molar-refractivity contribution in [1.82, 2.24) is 5.32 Å². The van der Waals surface area contributed by atoms with Gasteiger partial charge in [-0.1, -0.05) is 30.3 Å². The fraction of sp³-hybridized carbons (Fsp3) is 0.333. The molecule has 0 bridgehead atoms. The maximum atomic E-state index is 10.2. The normalized spacial score (nSPS) is 13.5. The van der Waals surface area contributed by atoms with Gasteiger partial charge in [0.05, 0.1) is 20.3 Å². The standard InChI is InChI=1S/C18H23NO3/c1-13(16-11-15(21-2)9-10-18(16)22-3)19-12-17(20)14-7-5-4-6-8-14/h4-11,13,17,19-20H,12H2,1-3H3/t13-,17-/m0/s1. The molecule has 2 atom stereocenters. The van der Waals surface area contributed by atoms with Crippen molar-refractivity contribution in [1.29, 1.82) is 0 Å². The second-order valence-electron chi connectivity index (χ2n) is 5.16. The van der Waals surface area contributed by atoms with Crippen molar-refractivity contribution < 1.29 is 14.6 Å². The van der Waals surface area contributed by atoms with Crippen LogP contribution in [-0.4, -0.2) is 25.9 Å². The third-order valence-corrected chi connectivity index (χ3v) is 3.71. The fourth-order valence-corrected chi connectivity index (χ4v) is 2.37. The van der Waals surface area contributed by atoms with E-state index in [-0.39, 0.29) is 6.04 Å². The molecule has 0 amide bonds. The highest BCUT2D eigenvalue weighted by atomic mass is 16.5. The van der Waals surface area contributed by atoms with Crippen LogP contribution in [0.15, 0.2) is 48.5 Å². The Bertz CT molecular complexity index is 586. The summed E-state index contributed by atoms with van der Waals surface area (Å²) in [5.74, 6) is 1.59. The summed E-state index contributed by atoms with van der Waals surface area (Å²) < 4.78 is 10.7. The fourth-order valence-electron chi connectivity index (χ4n) is 2.37. The summed E-state index contributed by atoms with van der Waals surface area (Å²) in [6, 6.07) is 15.4. The number of nitrogens with one attached hydrogen (secondary N) is 1. The van der Waals surface area contributed by atoms with Crippen LogP contribution in [0.5, 0.6) is 11.5 Å². The Morgan fingerprint density at radius 3 is 2.41 bits per heavy atom. The van der Waals surface area contributed by atoms with E-state index in [1.54, 1.807) is 14.2 Å². The number of rotatable bonds is 7. The second kappa shape index (κ2) is 7.82. The Kier molecular flexibility index (Phi) is 5.81. The molecule has 0 radical (unpaired) electrons. The van der Waals surface area contributed by atoms with E-state index >= 15 is 0 Å². The molecule has 2 aromatic carbocycles. The summed E-state index contributed by atoms with van der Waals surface area (Å²) in [4.78, 5) is 0. The second-order valence-corrected chi connectivity index (χ2v) is 5.16. The van der Waals surface area contributed by atoms with Crippen molar-refractivity contribution in [3.63, 3.8) is 0 Å². The lowest BCUT2D eigenvalue weighted by atomic mass is 10.1. The number of hydrogen-bond donors (Lipinski definition) is 2. The van der Waals surface area contributed by atoms with Gasteiger partial charge < -0.3 is 19.9 Å². The SMILES string of the molecule is COc1ccc(OC)c([C@H](C)NC[C@H](O)c2ccccc2)c1. The third-order valence-electron chi connectivity index (χ3n) is 3.71. The summed E-state index contributed by atoms with van der Waals surface area (Å²) in [7, 11) is 3.29. The smallest absolute Gasteiger partial charge is 0.123 e. The van der Waals surface area contributed by atoms with Gasteiger partial charge in [-0.05, 0) is 30.7 Å². The topological polar surface area (TPSA) is 50.7 Å². The van der Waals surface area contributed by atoms with Gasteiger partial charge in [0.25, 0.3) is 0 Å². The van der Waals surface area contributed by atoms with Crippen LogP contribution >= 0.6 is 0 Å². The molecular weight excluding hydrogens is 278 g/mol. The van der Waals surface area contributed by atoms with Gasteiger partial charge in [0.1, 0.15) is 11.5 Å². The Morgan fingerprint density at radius 2 is 1.77 bits per heavy atom. The van der Waals surface area contributed by atoms with Crippen molar-refractivity contribution in [3.05, 3.63) is 59.7 Å². The van der Waals surface area contributed by atoms with Gasteiger partial charge in [0.2, 0.25) is 0 Å². The quantitative estimate of drug-likeness (QED) is 0.825. The van der Waals surface area contributed by atoms with E-state index in [1.165, 1.54) is 0 Å². The molecule has 0 fully saturated rings. The lowest BCUT2D eigenvalue weighted by Gasteiger charge is -2.20. The lowest BCUT2D eigenvalue weighted by molar-refractivity contribution is 0.170. The number of benzene rings is 2. The first-order valence-corrected chi connectivity index (χ1v) is 7.34. The average Bonchev–Trinajstić information content (AvgIpc) is 2.59. The van der Waals surface area contributed by atoms with Gasteiger partial charge in [-0.3, -0.25) is 0 Å². The highest BCUT2D eigenvalue weighted by Gasteiger charge is 2.14. The van der Waals surface area contributed by atoms with E-state index in [2.05, 4.69) is 5.32 Å². The van der Waals surface area contributed by atoms with Gasteiger partial charge in [-0.25, -0.2) is 0 Å². The van der Waals surface area contributed by atoms with E-state index in [0.717, 1.165) is 22.6 Å². The molecule has 0 aliphatic heterocycles. The maximum Gasteiger partial charge on any atom is 0.123 e. The first-order chi connectivity index (χ1) is 10.7. The molecule has 2 N–H and O–H groups in total. The van der Waals surface area contributed by atoms with Crippen molar-refractivity contribution in [2.45, 2.75) is 19.1 Å². The zero-order valence-electron chi connectivity index (χ0n) is 13.2. The minimum absolute atomic E-state index is 0.0309. The van der Waals surface area contributed by atoms with E-state index in [9.17, 15) is 5.11 Å².